The molecule has 1 aromatic rings. The van der Waals surface area contributed by atoms with E-state index in [1.807, 2.05) is 0 Å². The number of thiophene rings is 1. The Hall–Kier alpha value is -0.0900. The van der Waals surface area contributed by atoms with E-state index < -0.39 is 0 Å². The fourth-order valence-electron chi connectivity index (χ4n) is 3.75. The first-order valence-electron chi connectivity index (χ1n) is 7.35. The minimum Gasteiger partial charge on any atom is -0.307 e. The van der Waals surface area contributed by atoms with Crippen LogP contribution in [-0.2, 0) is 0 Å². The number of halogens is 1. The van der Waals surface area contributed by atoms with Crippen LogP contribution >= 0.6 is 22.9 Å². The van der Waals surface area contributed by atoms with Gasteiger partial charge >= 0.3 is 0 Å². The predicted octanol–water partition coefficient (Wildman–Crippen LogP) is 4.07. The van der Waals surface area contributed by atoms with Crippen LogP contribution in [0.25, 0.3) is 0 Å². The van der Waals surface area contributed by atoms with Crippen LogP contribution in [0.15, 0.2) is 11.4 Å². The molecule has 19 heavy (non-hydrogen) atoms. The van der Waals surface area contributed by atoms with Crippen LogP contribution in [0.3, 0.4) is 0 Å². The average Bonchev–Trinajstić information content (AvgIpc) is 2.77. The molecule has 4 heteroatoms. The number of piperidine rings is 2. The maximum absolute atomic E-state index is 6.03. The fourth-order valence-corrected chi connectivity index (χ4v) is 4.74. The minimum absolute atomic E-state index is 0.415. The van der Waals surface area contributed by atoms with Gasteiger partial charge in [-0.25, -0.2) is 0 Å². The molecule has 0 aliphatic carbocycles. The Morgan fingerprint density at radius 3 is 2.63 bits per heavy atom. The highest BCUT2D eigenvalue weighted by molar-refractivity contribution is 7.14. The quantitative estimate of drug-likeness (QED) is 0.905. The van der Waals surface area contributed by atoms with E-state index in [1.54, 1.807) is 11.3 Å². The van der Waals surface area contributed by atoms with Crippen molar-refractivity contribution in [2.75, 3.05) is 7.05 Å². The van der Waals surface area contributed by atoms with E-state index in [2.05, 4.69) is 35.6 Å². The highest BCUT2D eigenvalue weighted by Crippen LogP contribution is 2.34. The summed E-state index contributed by atoms with van der Waals surface area (Å²) in [5, 5.41) is 6.00. The van der Waals surface area contributed by atoms with Gasteiger partial charge in [-0.2, -0.15) is 0 Å². The number of nitrogens with one attached hydrogen (secondary N) is 1. The summed E-state index contributed by atoms with van der Waals surface area (Å²) in [7, 11) is 2.31. The lowest BCUT2D eigenvalue weighted by molar-refractivity contribution is 0.0463. The summed E-state index contributed by atoms with van der Waals surface area (Å²) in [5.74, 6) is 0. The van der Waals surface area contributed by atoms with Crippen molar-refractivity contribution < 1.29 is 0 Å². The Kier molecular flexibility index (Phi) is 4.18. The average molecular weight is 299 g/mol. The monoisotopic (exact) mass is 298 g/mol. The van der Waals surface area contributed by atoms with Crippen molar-refractivity contribution in [3.8, 4) is 0 Å². The fraction of sp³-hybridized carbons (Fsp3) is 0.733. The van der Waals surface area contributed by atoms with Gasteiger partial charge in [0.2, 0.25) is 0 Å². The third-order valence-corrected chi connectivity index (χ3v) is 6.02. The molecule has 0 saturated carbocycles. The Morgan fingerprint density at radius 1 is 1.37 bits per heavy atom. The van der Waals surface area contributed by atoms with Crippen molar-refractivity contribution in [2.24, 2.45) is 0 Å². The van der Waals surface area contributed by atoms with Crippen LogP contribution in [0, 0.1) is 0 Å². The smallest absolute Gasteiger partial charge is 0.0931 e. The van der Waals surface area contributed by atoms with Gasteiger partial charge in [0.1, 0.15) is 0 Å². The van der Waals surface area contributed by atoms with Gasteiger partial charge in [-0.05, 0) is 56.7 Å². The maximum atomic E-state index is 6.03. The molecule has 2 bridgehead atoms. The standard InChI is InChI=1S/C15H23ClN2S/c1-10(11-6-15(16)19-9-11)17-12-7-13-4-3-5-14(8-12)18(13)2/h6,9-10,12-14,17H,3-5,7-8H2,1-2H3. The number of rotatable bonds is 3. The molecule has 2 saturated heterocycles. The molecule has 3 unspecified atom stereocenters. The van der Waals surface area contributed by atoms with Gasteiger partial charge < -0.3 is 10.2 Å². The molecule has 0 amide bonds. The summed E-state index contributed by atoms with van der Waals surface area (Å²) in [6, 6.07) is 4.77. The van der Waals surface area contributed by atoms with Crippen LogP contribution in [0.5, 0.6) is 0 Å². The molecule has 0 spiro atoms. The lowest BCUT2D eigenvalue weighted by Crippen LogP contribution is -2.54. The van der Waals surface area contributed by atoms with Crippen LogP contribution in [0.2, 0.25) is 4.34 Å². The zero-order valence-electron chi connectivity index (χ0n) is 11.7. The third-order valence-electron chi connectivity index (χ3n) is 4.91. The van der Waals surface area contributed by atoms with Crippen LogP contribution < -0.4 is 5.32 Å². The van der Waals surface area contributed by atoms with Gasteiger partial charge in [0.15, 0.2) is 0 Å². The molecule has 2 aliphatic heterocycles. The molecule has 1 N–H and O–H groups in total. The van der Waals surface area contributed by atoms with Crippen molar-refractivity contribution in [2.45, 2.75) is 63.2 Å². The largest absolute Gasteiger partial charge is 0.307 e. The van der Waals surface area contributed by atoms with E-state index >= 15 is 0 Å². The summed E-state index contributed by atoms with van der Waals surface area (Å²) in [5.41, 5.74) is 1.33. The molecule has 2 nitrogen and oxygen atoms in total. The van der Waals surface area contributed by atoms with E-state index in [9.17, 15) is 0 Å². The third kappa shape index (κ3) is 2.99. The molecule has 106 valence electrons. The predicted molar refractivity (Wildman–Crippen MR) is 83.1 cm³/mol. The Labute approximate surface area is 125 Å². The first-order valence-corrected chi connectivity index (χ1v) is 8.61. The zero-order chi connectivity index (χ0) is 13.4. The van der Waals surface area contributed by atoms with E-state index in [4.69, 9.17) is 11.6 Å². The topological polar surface area (TPSA) is 15.3 Å². The van der Waals surface area contributed by atoms with Crippen molar-refractivity contribution >= 4 is 22.9 Å². The highest BCUT2D eigenvalue weighted by atomic mass is 35.5. The van der Waals surface area contributed by atoms with Gasteiger partial charge in [0, 0.05) is 24.2 Å². The lowest BCUT2D eigenvalue weighted by atomic mass is 9.82. The van der Waals surface area contributed by atoms with Crippen molar-refractivity contribution in [1.29, 1.82) is 0 Å². The Morgan fingerprint density at radius 2 is 2.05 bits per heavy atom. The summed E-state index contributed by atoms with van der Waals surface area (Å²) in [4.78, 5) is 2.62. The van der Waals surface area contributed by atoms with Gasteiger partial charge in [0.05, 0.1) is 4.34 Å². The zero-order valence-corrected chi connectivity index (χ0v) is 13.3. The number of nitrogens with zero attached hydrogens (tertiary/aromatic N) is 1. The molecule has 3 rings (SSSR count). The second kappa shape index (κ2) is 5.72. The molecule has 0 aromatic carbocycles. The van der Waals surface area contributed by atoms with E-state index in [0.29, 0.717) is 12.1 Å². The van der Waals surface area contributed by atoms with Gasteiger partial charge in [-0.1, -0.05) is 18.0 Å². The molecule has 2 fully saturated rings. The van der Waals surface area contributed by atoms with Gasteiger partial charge in [-0.3, -0.25) is 0 Å². The van der Waals surface area contributed by atoms with E-state index in [0.717, 1.165) is 16.4 Å². The first kappa shape index (κ1) is 13.9. The SMILES string of the molecule is CC(NC1CC2CCCC(C1)N2C)c1csc(Cl)c1. The molecule has 0 radical (unpaired) electrons. The van der Waals surface area contributed by atoms with Crippen molar-refractivity contribution in [1.82, 2.24) is 10.2 Å². The molecule has 3 atom stereocenters. The van der Waals surface area contributed by atoms with E-state index in [-0.39, 0.29) is 0 Å². The molecule has 3 heterocycles. The van der Waals surface area contributed by atoms with Crippen molar-refractivity contribution in [3.05, 3.63) is 21.3 Å². The molecular weight excluding hydrogens is 276 g/mol. The van der Waals surface area contributed by atoms with Gasteiger partial charge in [-0.15, -0.1) is 11.3 Å². The second-order valence-electron chi connectivity index (χ2n) is 6.14. The second-order valence-corrected chi connectivity index (χ2v) is 7.69. The van der Waals surface area contributed by atoms with Gasteiger partial charge in [0.25, 0.3) is 0 Å². The normalized spacial score (nSPS) is 33.3. The first-order chi connectivity index (χ1) is 9.13. The number of fused-ring (bicyclic) bond motifs is 2. The highest BCUT2D eigenvalue weighted by Gasteiger charge is 2.36. The summed E-state index contributed by atoms with van der Waals surface area (Å²) in [6.45, 7) is 2.26. The van der Waals surface area contributed by atoms with E-state index in [1.165, 1.54) is 37.7 Å². The lowest BCUT2D eigenvalue weighted by Gasteiger charge is -2.47. The van der Waals surface area contributed by atoms with Crippen LogP contribution in [0.1, 0.15) is 50.6 Å². The summed E-state index contributed by atoms with van der Waals surface area (Å²) >= 11 is 7.66. The van der Waals surface area contributed by atoms with Crippen LogP contribution in [0.4, 0.5) is 0 Å². The Balaban J connectivity index is 1.61. The summed E-state index contributed by atoms with van der Waals surface area (Å²) in [6.07, 6.45) is 6.78. The Bertz CT molecular complexity index is 420. The molecule has 1 aromatic heterocycles. The summed E-state index contributed by atoms with van der Waals surface area (Å²) < 4.78 is 0.892. The number of hydrogen-bond donors (Lipinski definition) is 1. The van der Waals surface area contributed by atoms with Crippen LogP contribution in [-0.4, -0.2) is 30.1 Å². The molecule has 2 aliphatic rings. The van der Waals surface area contributed by atoms with Crippen molar-refractivity contribution in [3.63, 3.8) is 0 Å². The minimum atomic E-state index is 0.415. The molecular formula is C15H23ClN2S. The maximum Gasteiger partial charge on any atom is 0.0931 e. The number of hydrogen-bond acceptors (Lipinski definition) is 3.